The third-order valence-corrected chi connectivity index (χ3v) is 4.10. The number of carbonyl (C=O) groups is 2. The maximum Gasteiger partial charge on any atom is 0.332 e. The van der Waals surface area contributed by atoms with Crippen molar-refractivity contribution in [2.75, 3.05) is 12.3 Å². The van der Waals surface area contributed by atoms with Gasteiger partial charge in [-0.25, -0.2) is 9.59 Å². The number of ether oxygens (including phenoxy) is 1. The predicted molar refractivity (Wildman–Crippen MR) is 90.0 cm³/mol. The number of esters is 1. The zero-order valence-corrected chi connectivity index (χ0v) is 13.8. The number of nitrogens with two attached hydrogens (primary N) is 1. The van der Waals surface area contributed by atoms with Crippen molar-refractivity contribution >= 4 is 35.0 Å². The number of hydrogen-bond acceptors (Lipinski definition) is 7. The van der Waals surface area contributed by atoms with E-state index in [-0.39, 0.29) is 11.4 Å². The van der Waals surface area contributed by atoms with Crippen LogP contribution in [0.25, 0.3) is 6.08 Å². The van der Waals surface area contributed by atoms with Crippen LogP contribution in [0.3, 0.4) is 0 Å². The Morgan fingerprint density at radius 3 is 2.62 bits per heavy atom. The first-order valence-electron chi connectivity index (χ1n) is 6.80. The van der Waals surface area contributed by atoms with E-state index in [1.165, 1.54) is 31.5 Å². The van der Waals surface area contributed by atoms with Gasteiger partial charge in [0.05, 0.1) is 0 Å². The molecule has 0 fully saturated rings. The van der Waals surface area contributed by atoms with E-state index in [0.717, 1.165) is 14.0 Å². The van der Waals surface area contributed by atoms with Crippen LogP contribution in [0.2, 0.25) is 0 Å². The minimum Gasteiger partial charge on any atom is -0.454 e. The zero-order chi connectivity index (χ0) is 17.9. The topological polar surface area (TPSA) is 113 Å². The summed E-state index contributed by atoms with van der Waals surface area (Å²) in [4.78, 5) is 48.3. The summed E-state index contributed by atoms with van der Waals surface area (Å²) in [6.45, 7) is -0.648. The Labute approximate surface area is 140 Å². The SMILES string of the molecule is Cn1c(N)c(C(=O)COC(=O)/C=C/c2cccs2)c(=O)n(C)c1=O. The van der Waals surface area contributed by atoms with Crippen LogP contribution >= 0.6 is 11.3 Å². The normalized spacial score (nSPS) is 10.9. The molecule has 2 aromatic heterocycles. The fraction of sp³-hybridized carbons (Fsp3) is 0.200. The van der Waals surface area contributed by atoms with Crippen LogP contribution in [0.1, 0.15) is 15.2 Å². The number of nitrogens with zero attached hydrogens (tertiary/aromatic N) is 2. The minimum atomic E-state index is -0.828. The summed E-state index contributed by atoms with van der Waals surface area (Å²) >= 11 is 1.44. The summed E-state index contributed by atoms with van der Waals surface area (Å²) in [5, 5.41) is 1.85. The lowest BCUT2D eigenvalue weighted by Gasteiger charge is -2.10. The molecule has 0 radical (unpaired) electrons. The number of anilines is 1. The van der Waals surface area contributed by atoms with Gasteiger partial charge in [0.15, 0.2) is 6.61 Å². The molecule has 0 atom stereocenters. The van der Waals surface area contributed by atoms with Crippen LogP contribution in [0.5, 0.6) is 0 Å². The fourth-order valence-electron chi connectivity index (χ4n) is 1.92. The number of nitrogen functional groups attached to an aromatic ring is 1. The Morgan fingerprint density at radius 1 is 1.29 bits per heavy atom. The van der Waals surface area contributed by atoms with Gasteiger partial charge in [0.2, 0.25) is 5.78 Å². The van der Waals surface area contributed by atoms with E-state index in [2.05, 4.69) is 0 Å². The largest absolute Gasteiger partial charge is 0.454 e. The van der Waals surface area contributed by atoms with Gasteiger partial charge in [0, 0.05) is 25.0 Å². The van der Waals surface area contributed by atoms with E-state index in [0.29, 0.717) is 0 Å². The van der Waals surface area contributed by atoms with Gasteiger partial charge in [-0.3, -0.25) is 18.7 Å². The zero-order valence-electron chi connectivity index (χ0n) is 13.0. The quantitative estimate of drug-likeness (QED) is 0.467. The van der Waals surface area contributed by atoms with Gasteiger partial charge in [0.25, 0.3) is 5.56 Å². The van der Waals surface area contributed by atoms with Crippen LogP contribution in [0.15, 0.2) is 33.2 Å². The molecule has 0 aliphatic heterocycles. The molecule has 0 aromatic carbocycles. The van der Waals surface area contributed by atoms with Crippen LogP contribution in [-0.4, -0.2) is 27.5 Å². The summed E-state index contributed by atoms with van der Waals surface area (Å²) in [7, 11) is 2.57. The van der Waals surface area contributed by atoms with Crippen LogP contribution in [0.4, 0.5) is 5.82 Å². The highest BCUT2D eigenvalue weighted by atomic mass is 32.1. The lowest BCUT2D eigenvalue weighted by Crippen LogP contribution is -2.42. The molecule has 2 N–H and O–H groups in total. The molecule has 0 bridgehead atoms. The first kappa shape index (κ1) is 17.4. The molecule has 2 heterocycles. The highest BCUT2D eigenvalue weighted by Crippen LogP contribution is 2.10. The number of aromatic nitrogens is 2. The van der Waals surface area contributed by atoms with Crippen LogP contribution in [-0.2, 0) is 23.6 Å². The Balaban J connectivity index is 2.12. The molecule has 9 heteroatoms. The minimum absolute atomic E-state index is 0.265. The first-order valence-corrected chi connectivity index (χ1v) is 7.68. The molecule has 2 rings (SSSR count). The number of ketones is 1. The molecule has 0 saturated carbocycles. The second-order valence-electron chi connectivity index (χ2n) is 4.85. The lowest BCUT2D eigenvalue weighted by atomic mass is 10.2. The molecule has 0 aliphatic carbocycles. The Morgan fingerprint density at radius 2 is 2.00 bits per heavy atom. The molecule has 0 amide bonds. The fourth-order valence-corrected chi connectivity index (χ4v) is 2.53. The van der Waals surface area contributed by atoms with Crippen molar-refractivity contribution in [3.63, 3.8) is 0 Å². The summed E-state index contributed by atoms with van der Waals surface area (Å²) in [5.41, 5.74) is 3.80. The van der Waals surface area contributed by atoms with Crippen molar-refractivity contribution in [1.29, 1.82) is 0 Å². The van der Waals surface area contributed by atoms with E-state index >= 15 is 0 Å². The summed E-state index contributed by atoms with van der Waals surface area (Å²) in [6, 6.07) is 3.64. The number of rotatable bonds is 5. The molecule has 2 aromatic rings. The summed E-state index contributed by atoms with van der Waals surface area (Å²) in [6.07, 6.45) is 2.73. The van der Waals surface area contributed by atoms with E-state index in [1.807, 2.05) is 17.5 Å². The number of Topliss-reactive ketones (excluding diaryl/α,β-unsaturated/α-hetero) is 1. The second kappa shape index (κ2) is 7.09. The van der Waals surface area contributed by atoms with Gasteiger partial charge >= 0.3 is 11.7 Å². The standard InChI is InChI=1S/C15H15N3O5S/c1-17-13(16)12(14(21)18(2)15(17)22)10(19)8-23-11(20)6-5-9-4-3-7-24-9/h3-7H,8,16H2,1-2H3/b6-5+. The molecular formula is C15H15N3O5S. The Kier molecular flexibility index (Phi) is 5.14. The van der Waals surface area contributed by atoms with Crippen molar-refractivity contribution in [2.24, 2.45) is 14.1 Å². The van der Waals surface area contributed by atoms with Crippen LogP contribution < -0.4 is 17.0 Å². The van der Waals surface area contributed by atoms with Crippen molar-refractivity contribution in [3.8, 4) is 0 Å². The number of hydrogen-bond donors (Lipinski definition) is 1. The molecule has 0 aliphatic rings. The average molecular weight is 349 g/mol. The van der Waals surface area contributed by atoms with E-state index in [4.69, 9.17) is 10.5 Å². The highest BCUT2D eigenvalue weighted by Gasteiger charge is 2.21. The first-order chi connectivity index (χ1) is 11.3. The maximum absolute atomic E-state index is 12.1. The third-order valence-electron chi connectivity index (χ3n) is 3.26. The molecule has 0 spiro atoms. The van der Waals surface area contributed by atoms with Crippen molar-refractivity contribution in [2.45, 2.75) is 0 Å². The van der Waals surface area contributed by atoms with Gasteiger partial charge in [0.1, 0.15) is 11.4 Å². The monoisotopic (exact) mass is 349 g/mol. The molecule has 0 unspecified atom stereocenters. The smallest absolute Gasteiger partial charge is 0.332 e. The van der Waals surface area contributed by atoms with Gasteiger partial charge in [-0.05, 0) is 17.5 Å². The summed E-state index contributed by atoms with van der Waals surface area (Å²) < 4.78 is 6.56. The highest BCUT2D eigenvalue weighted by molar-refractivity contribution is 7.10. The third kappa shape index (κ3) is 3.51. The van der Waals surface area contributed by atoms with E-state index < -0.39 is 29.6 Å². The second-order valence-corrected chi connectivity index (χ2v) is 5.82. The molecular weight excluding hydrogens is 334 g/mol. The van der Waals surface area contributed by atoms with Crippen molar-refractivity contribution in [3.05, 3.63) is 54.9 Å². The van der Waals surface area contributed by atoms with Gasteiger partial charge in [-0.15, -0.1) is 11.3 Å². The molecule has 8 nitrogen and oxygen atoms in total. The van der Waals surface area contributed by atoms with Gasteiger partial charge < -0.3 is 10.5 Å². The predicted octanol–water partition coefficient (Wildman–Crippen LogP) is 0.167. The Hall–Kier alpha value is -2.94. The summed E-state index contributed by atoms with van der Waals surface area (Å²) in [5.74, 6) is -1.77. The van der Waals surface area contributed by atoms with E-state index in [1.54, 1.807) is 6.08 Å². The molecule has 126 valence electrons. The number of thiophene rings is 1. The maximum atomic E-state index is 12.1. The number of carbonyl (C=O) groups excluding carboxylic acids is 2. The van der Waals surface area contributed by atoms with Gasteiger partial charge in [-0.2, -0.15) is 0 Å². The van der Waals surface area contributed by atoms with Crippen molar-refractivity contribution < 1.29 is 14.3 Å². The van der Waals surface area contributed by atoms with Crippen LogP contribution in [0, 0.1) is 0 Å². The lowest BCUT2D eigenvalue weighted by molar-refractivity contribution is -0.136. The molecule has 0 saturated heterocycles. The average Bonchev–Trinajstić information content (AvgIpc) is 3.08. The van der Waals surface area contributed by atoms with E-state index in [9.17, 15) is 19.2 Å². The Bertz CT molecular complexity index is 922. The molecule has 24 heavy (non-hydrogen) atoms. The van der Waals surface area contributed by atoms with Gasteiger partial charge in [-0.1, -0.05) is 6.07 Å². The van der Waals surface area contributed by atoms with Crippen molar-refractivity contribution in [1.82, 2.24) is 9.13 Å².